The third-order valence-corrected chi connectivity index (χ3v) is 5.49. The molecule has 2 aromatic carbocycles. The van der Waals surface area contributed by atoms with E-state index in [1.807, 2.05) is 12.1 Å². The molecular formula is C19H15F3N4O2S. The molecule has 0 atom stereocenters. The van der Waals surface area contributed by atoms with E-state index in [0.29, 0.717) is 16.9 Å². The molecule has 4 aromatic rings. The summed E-state index contributed by atoms with van der Waals surface area (Å²) in [6.07, 6.45) is -3.75. The number of aromatic nitrogens is 3. The lowest BCUT2D eigenvalue weighted by atomic mass is 10.1. The van der Waals surface area contributed by atoms with Crippen molar-refractivity contribution in [3.8, 4) is 17.1 Å². The lowest BCUT2D eigenvalue weighted by Crippen LogP contribution is -2.12. The lowest BCUT2D eigenvalue weighted by Gasteiger charge is -2.09. The van der Waals surface area contributed by atoms with Crippen molar-refractivity contribution in [3.63, 3.8) is 0 Å². The van der Waals surface area contributed by atoms with Crippen LogP contribution >= 0.6 is 0 Å². The van der Waals surface area contributed by atoms with Crippen molar-refractivity contribution < 1.29 is 21.6 Å². The summed E-state index contributed by atoms with van der Waals surface area (Å²) in [5, 5.41) is 5.82. The molecule has 3 N–H and O–H groups in total. The van der Waals surface area contributed by atoms with E-state index < -0.39 is 21.9 Å². The Morgan fingerprint density at radius 3 is 2.34 bits per heavy atom. The van der Waals surface area contributed by atoms with Gasteiger partial charge in [0.15, 0.2) is 5.69 Å². The van der Waals surface area contributed by atoms with Gasteiger partial charge in [-0.3, -0.25) is 4.57 Å². The Labute approximate surface area is 163 Å². The monoisotopic (exact) mass is 420 g/mol. The molecule has 0 aliphatic rings. The molecule has 0 aliphatic heterocycles. The highest BCUT2D eigenvalue weighted by molar-refractivity contribution is 7.89. The quantitative estimate of drug-likeness (QED) is 0.525. The van der Waals surface area contributed by atoms with Gasteiger partial charge in [-0.1, -0.05) is 18.2 Å². The van der Waals surface area contributed by atoms with Gasteiger partial charge in [-0.15, -0.1) is 0 Å². The molecule has 29 heavy (non-hydrogen) atoms. The summed E-state index contributed by atoms with van der Waals surface area (Å²) in [6.45, 7) is 1.76. The molecule has 0 saturated carbocycles. The number of hydrogen-bond acceptors (Lipinski definition) is 3. The van der Waals surface area contributed by atoms with E-state index in [2.05, 4.69) is 9.97 Å². The largest absolute Gasteiger partial charge is 0.434 e. The standard InChI is InChI=1S/C19H15F3N4O2S/c1-11-17(14-4-2-3-5-15(14)24-11)18-25-16(19(20,21)22)10-26(18)12-6-8-13(9-7-12)29(23,27)28/h2-10,24H,1H3,(H2,23,27,28). The summed E-state index contributed by atoms with van der Waals surface area (Å²) in [7, 11) is -3.92. The number of imidazole rings is 1. The number of H-pyrrole nitrogens is 1. The minimum absolute atomic E-state index is 0.0932. The van der Waals surface area contributed by atoms with Crippen molar-refractivity contribution in [1.29, 1.82) is 0 Å². The minimum Gasteiger partial charge on any atom is -0.358 e. The summed E-state index contributed by atoms with van der Waals surface area (Å²) in [4.78, 5) is 6.87. The Kier molecular flexibility index (Phi) is 4.28. The molecule has 0 aliphatic carbocycles. The molecule has 10 heteroatoms. The fourth-order valence-electron chi connectivity index (χ4n) is 3.25. The Hall–Kier alpha value is -3.11. The SMILES string of the molecule is Cc1[nH]c2ccccc2c1-c1nc(C(F)(F)F)cn1-c1ccc(S(N)(=O)=O)cc1. The van der Waals surface area contributed by atoms with Crippen molar-refractivity contribution in [2.24, 2.45) is 5.14 Å². The first-order valence-corrected chi connectivity index (χ1v) is 9.98. The zero-order valence-corrected chi connectivity index (χ0v) is 15.8. The van der Waals surface area contributed by atoms with Crippen LogP contribution in [0.1, 0.15) is 11.4 Å². The van der Waals surface area contributed by atoms with Crippen LogP contribution in [-0.2, 0) is 16.2 Å². The Morgan fingerprint density at radius 1 is 1.07 bits per heavy atom. The number of aryl methyl sites for hydroxylation is 1. The highest BCUT2D eigenvalue weighted by atomic mass is 32.2. The molecule has 0 spiro atoms. The molecule has 4 rings (SSSR count). The van der Waals surface area contributed by atoms with E-state index in [0.717, 1.165) is 17.1 Å². The van der Waals surface area contributed by atoms with E-state index in [4.69, 9.17) is 5.14 Å². The highest BCUT2D eigenvalue weighted by Gasteiger charge is 2.35. The number of halogens is 3. The minimum atomic E-state index is -4.64. The van der Waals surface area contributed by atoms with E-state index in [9.17, 15) is 21.6 Å². The summed E-state index contributed by atoms with van der Waals surface area (Å²) < 4.78 is 64.4. The number of rotatable bonds is 3. The fraction of sp³-hybridized carbons (Fsp3) is 0.105. The highest BCUT2D eigenvalue weighted by Crippen LogP contribution is 2.36. The second kappa shape index (κ2) is 6.46. The van der Waals surface area contributed by atoms with Gasteiger partial charge in [0.1, 0.15) is 5.82 Å². The van der Waals surface area contributed by atoms with Gasteiger partial charge < -0.3 is 4.98 Å². The molecular weight excluding hydrogens is 405 g/mol. The van der Waals surface area contributed by atoms with Gasteiger partial charge in [-0.25, -0.2) is 18.5 Å². The van der Waals surface area contributed by atoms with Gasteiger partial charge in [0.25, 0.3) is 0 Å². The number of nitrogens with zero attached hydrogens (tertiary/aromatic N) is 2. The number of fused-ring (bicyclic) bond motifs is 1. The van der Waals surface area contributed by atoms with Gasteiger partial charge in [-0.05, 0) is 37.3 Å². The summed E-state index contributed by atoms with van der Waals surface area (Å²) in [5.74, 6) is 0.0932. The van der Waals surface area contributed by atoms with Gasteiger partial charge in [0.2, 0.25) is 10.0 Å². The third kappa shape index (κ3) is 3.40. The number of nitrogens with one attached hydrogen (secondary N) is 1. The molecule has 0 unspecified atom stereocenters. The van der Waals surface area contributed by atoms with Crippen molar-refractivity contribution in [2.75, 3.05) is 0 Å². The molecule has 0 fully saturated rings. The first-order chi connectivity index (χ1) is 13.6. The van der Waals surface area contributed by atoms with Gasteiger partial charge in [-0.2, -0.15) is 13.2 Å². The van der Waals surface area contributed by atoms with Crippen molar-refractivity contribution in [1.82, 2.24) is 14.5 Å². The Balaban J connectivity index is 1.97. The van der Waals surface area contributed by atoms with Gasteiger partial charge >= 0.3 is 6.18 Å². The molecule has 0 saturated heterocycles. The van der Waals surface area contributed by atoms with Crippen LogP contribution in [-0.4, -0.2) is 23.0 Å². The number of alkyl halides is 3. The van der Waals surface area contributed by atoms with Crippen molar-refractivity contribution in [3.05, 3.63) is 66.1 Å². The third-order valence-electron chi connectivity index (χ3n) is 4.56. The molecule has 0 radical (unpaired) electrons. The maximum atomic E-state index is 13.4. The Bertz CT molecular complexity index is 1320. The molecule has 2 heterocycles. The summed E-state index contributed by atoms with van der Waals surface area (Å²) in [5.41, 5.74) is 1.24. The van der Waals surface area contributed by atoms with Gasteiger partial charge in [0.05, 0.1) is 4.90 Å². The van der Waals surface area contributed by atoms with Crippen LogP contribution in [0.15, 0.2) is 59.6 Å². The van der Waals surface area contributed by atoms with Crippen LogP contribution in [0, 0.1) is 6.92 Å². The fourth-order valence-corrected chi connectivity index (χ4v) is 3.77. The number of hydrogen-bond donors (Lipinski definition) is 2. The number of sulfonamides is 1. The number of aromatic amines is 1. The van der Waals surface area contributed by atoms with Crippen LogP contribution in [0.4, 0.5) is 13.2 Å². The van der Waals surface area contributed by atoms with Crippen LogP contribution < -0.4 is 5.14 Å². The van der Waals surface area contributed by atoms with Crippen LogP contribution in [0.3, 0.4) is 0 Å². The molecule has 150 valence electrons. The second-order valence-electron chi connectivity index (χ2n) is 6.53. The summed E-state index contributed by atoms with van der Waals surface area (Å²) in [6, 6.07) is 12.5. The Morgan fingerprint density at radius 2 is 1.72 bits per heavy atom. The predicted molar refractivity (Wildman–Crippen MR) is 102 cm³/mol. The maximum Gasteiger partial charge on any atom is 0.434 e. The first-order valence-electron chi connectivity index (χ1n) is 8.43. The van der Waals surface area contributed by atoms with E-state index >= 15 is 0 Å². The van der Waals surface area contributed by atoms with Gasteiger partial charge in [0, 0.05) is 34.0 Å². The van der Waals surface area contributed by atoms with E-state index in [1.54, 1.807) is 19.1 Å². The molecule has 6 nitrogen and oxygen atoms in total. The molecule has 2 aromatic heterocycles. The molecule has 0 amide bonds. The first kappa shape index (κ1) is 19.2. The normalized spacial score (nSPS) is 12.6. The second-order valence-corrected chi connectivity index (χ2v) is 8.09. The average Bonchev–Trinajstić information content (AvgIpc) is 3.21. The van der Waals surface area contributed by atoms with Crippen molar-refractivity contribution >= 4 is 20.9 Å². The lowest BCUT2D eigenvalue weighted by molar-refractivity contribution is -0.140. The number of benzene rings is 2. The van der Waals surface area contributed by atoms with E-state index in [-0.39, 0.29) is 10.7 Å². The maximum absolute atomic E-state index is 13.4. The molecule has 0 bridgehead atoms. The zero-order chi connectivity index (χ0) is 21.0. The van der Waals surface area contributed by atoms with Crippen molar-refractivity contribution in [2.45, 2.75) is 18.0 Å². The number of primary sulfonamides is 1. The van der Waals surface area contributed by atoms with Crippen LogP contribution in [0.5, 0.6) is 0 Å². The topological polar surface area (TPSA) is 93.8 Å². The number of nitrogens with two attached hydrogens (primary N) is 1. The average molecular weight is 420 g/mol. The zero-order valence-electron chi connectivity index (χ0n) is 15.0. The van der Waals surface area contributed by atoms with Crippen LogP contribution in [0.25, 0.3) is 28.0 Å². The predicted octanol–water partition coefficient (Wildman–Crippen LogP) is 4.00. The van der Waals surface area contributed by atoms with Crippen LogP contribution in [0.2, 0.25) is 0 Å². The number of para-hydroxylation sites is 1. The summed E-state index contributed by atoms with van der Waals surface area (Å²) >= 11 is 0. The van der Waals surface area contributed by atoms with E-state index in [1.165, 1.54) is 28.8 Å². The smallest absolute Gasteiger partial charge is 0.358 e.